The summed E-state index contributed by atoms with van der Waals surface area (Å²) < 4.78 is 33.0. The Morgan fingerprint density at radius 3 is 1.88 bits per heavy atom. The first-order valence-electron chi connectivity index (χ1n) is 11.8. The van der Waals surface area contributed by atoms with Gasteiger partial charge in [0.1, 0.15) is 0 Å². The zero-order chi connectivity index (χ0) is 25.1. The summed E-state index contributed by atoms with van der Waals surface area (Å²) >= 11 is 0. The molecule has 1 amide bonds. The highest BCUT2D eigenvalue weighted by atomic mass is 32.2. The first-order valence-corrected chi connectivity index (χ1v) is 13.2. The minimum atomic E-state index is -3.62. The van der Waals surface area contributed by atoms with Crippen molar-refractivity contribution in [3.05, 3.63) is 29.8 Å². The summed E-state index contributed by atoms with van der Waals surface area (Å²) in [6.07, 6.45) is -0.126. The fourth-order valence-corrected chi connectivity index (χ4v) is 5.71. The third-order valence-corrected chi connectivity index (χ3v) is 8.07. The van der Waals surface area contributed by atoms with Crippen LogP contribution in [0.5, 0.6) is 0 Å². The zero-order valence-electron chi connectivity index (χ0n) is 21.3. The van der Waals surface area contributed by atoms with Gasteiger partial charge in [-0.05, 0) is 70.6 Å². The molecule has 7 nitrogen and oxygen atoms in total. The van der Waals surface area contributed by atoms with Gasteiger partial charge in [-0.15, -0.1) is 0 Å². The van der Waals surface area contributed by atoms with E-state index >= 15 is 0 Å². The molecule has 0 radical (unpaired) electrons. The number of rotatable bonds is 7. The van der Waals surface area contributed by atoms with Crippen molar-refractivity contribution in [2.75, 3.05) is 13.1 Å². The summed E-state index contributed by atoms with van der Waals surface area (Å²) in [5, 5.41) is 0. The third kappa shape index (κ3) is 6.57. The quantitative estimate of drug-likeness (QED) is 0.552. The number of hydrogen-bond donors (Lipinski definition) is 0. The molecule has 0 saturated carbocycles. The van der Waals surface area contributed by atoms with Gasteiger partial charge < -0.3 is 9.64 Å². The minimum absolute atomic E-state index is 0.00422. The lowest BCUT2D eigenvalue weighted by Gasteiger charge is -2.34. The molecule has 0 N–H and O–H groups in total. The van der Waals surface area contributed by atoms with E-state index in [1.807, 2.05) is 39.8 Å². The molecule has 1 saturated heterocycles. The number of esters is 1. The maximum Gasteiger partial charge on any atom is 0.309 e. The summed E-state index contributed by atoms with van der Waals surface area (Å²) in [7, 11) is -3.62. The molecular formula is C25H40N2O5S. The Kier molecular flexibility index (Phi) is 8.74. The van der Waals surface area contributed by atoms with Crippen LogP contribution in [-0.2, 0) is 29.8 Å². The van der Waals surface area contributed by atoms with Crippen LogP contribution in [-0.4, -0.2) is 60.8 Å². The molecule has 33 heavy (non-hydrogen) atoms. The van der Waals surface area contributed by atoms with E-state index in [-0.39, 0.29) is 41.4 Å². The first kappa shape index (κ1) is 27.3. The summed E-state index contributed by atoms with van der Waals surface area (Å²) in [6, 6.07) is 7.02. The summed E-state index contributed by atoms with van der Waals surface area (Å²) in [6.45, 7) is 16.1. The highest BCUT2D eigenvalue weighted by molar-refractivity contribution is 7.89. The first-order chi connectivity index (χ1) is 15.2. The molecule has 1 aliphatic rings. The molecule has 1 unspecified atom stereocenters. The van der Waals surface area contributed by atoms with Gasteiger partial charge in [0.2, 0.25) is 10.0 Å². The van der Waals surface area contributed by atoms with Gasteiger partial charge in [0.05, 0.1) is 10.8 Å². The number of sulfonamides is 1. The number of ether oxygens (including phenoxy) is 1. The second-order valence-electron chi connectivity index (χ2n) is 10.5. The van der Waals surface area contributed by atoms with Gasteiger partial charge in [0.15, 0.2) is 6.10 Å². The van der Waals surface area contributed by atoms with Gasteiger partial charge in [-0.25, -0.2) is 8.42 Å². The van der Waals surface area contributed by atoms with E-state index in [1.165, 1.54) is 4.31 Å². The highest BCUT2D eigenvalue weighted by Crippen LogP contribution is 2.28. The van der Waals surface area contributed by atoms with Gasteiger partial charge in [-0.1, -0.05) is 32.9 Å². The van der Waals surface area contributed by atoms with Crippen LogP contribution >= 0.6 is 0 Å². The van der Waals surface area contributed by atoms with Crippen molar-refractivity contribution in [1.82, 2.24) is 9.21 Å². The van der Waals surface area contributed by atoms with Gasteiger partial charge in [-0.2, -0.15) is 4.31 Å². The predicted octanol–water partition coefficient (Wildman–Crippen LogP) is 3.96. The Hall–Kier alpha value is -1.93. The van der Waals surface area contributed by atoms with Crippen LogP contribution in [0.1, 0.15) is 73.8 Å². The van der Waals surface area contributed by atoms with Crippen LogP contribution in [0.15, 0.2) is 29.2 Å². The lowest BCUT2D eigenvalue weighted by Crippen LogP contribution is -2.48. The van der Waals surface area contributed by atoms with Gasteiger partial charge in [0.25, 0.3) is 5.91 Å². The largest absolute Gasteiger partial charge is 0.452 e. The summed E-state index contributed by atoms with van der Waals surface area (Å²) in [5.74, 6) is -1.07. The Bertz CT molecular complexity index is 917. The van der Waals surface area contributed by atoms with E-state index in [1.54, 1.807) is 24.0 Å². The number of piperidine rings is 1. The molecule has 1 aromatic rings. The fourth-order valence-electron chi connectivity index (χ4n) is 4.24. The number of benzene rings is 1. The second-order valence-corrected chi connectivity index (χ2v) is 12.4. The van der Waals surface area contributed by atoms with Crippen molar-refractivity contribution in [1.29, 1.82) is 0 Å². The Labute approximate surface area is 199 Å². The smallest absolute Gasteiger partial charge is 0.309 e. The number of nitrogens with zero attached hydrogens (tertiary/aromatic N) is 2. The van der Waals surface area contributed by atoms with Crippen molar-refractivity contribution in [3.8, 4) is 0 Å². The highest BCUT2D eigenvalue weighted by Gasteiger charge is 2.35. The average Bonchev–Trinajstić information content (AvgIpc) is 2.72. The molecule has 8 heteroatoms. The molecule has 1 aliphatic heterocycles. The van der Waals surface area contributed by atoms with E-state index in [0.717, 1.165) is 5.56 Å². The van der Waals surface area contributed by atoms with Crippen LogP contribution in [0.4, 0.5) is 0 Å². The van der Waals surface area contributed by atoms with E-state index in [9.17, 15) is 18.0 Å². The van der Waals surface area contributed by atoms with Crippen LogP contribution in [0.25, 0.3) is 0 Å². The number of amides is 1. The lowest BCUT2D eigenvalue weighted by molar-refractivity contribution is -0.165. The molecule has 2 rings (SSSR count). The standard InChI is InChI=1S/C25H40N2O5S/c1-17(2)27(18(3)4)23(28)19(5)32-24(29)20-13-15-26(16-14-20)33(30,31)22-11-9-21(10-12-22)25(6,7)8/h9-12,17-20H,13-16H2,1-8H3. The SMILES string of the molecule is CC(OC(=O)C1CCN(S(=O)(=O)c2ccc(C(C)(C)C)cc2)CC1)C(=O)N(C(C)C)C(C)C. The molecule has 1 atom stereocenters. The monoisotopic (exact) mass is 480 g/mol. The van der Waals surface area contributed by atoms with Gasteiger partial charge in [0, 0.05) is 25.2 Å². The molecule has 186 valence electrons. The van der Waals surface area contributed by atoms with E-state index in [0.29, 0.717) is 12.8 Å². The molecule has 1 fully saturated rings. The average molecular weight is 481 g/mol. The van der Waals surface area contributed by atoms with Gasteiger partial charge in [-0.3, -0.25) is 9.59 Å². The summed E-state index contributed by atoms with van der Waals surface area (Å²) in [5.41, 5.74) is 1.01. The fraction of sp³-hybridized carbons (Fsp3) is 0.680. The second kappa shape index (κ2) is 10.6. The normalized spacial score (nSPS) is 17.3. The Morgan fingerprint density at radius 1 is 0.970 bits per heavy atom. The maximum atomic E-state index is 13.1. The molecule has 0 aliphatic carbocycles. The van der Waals surface area contributed by atoms with Crippen LogP contribution in [0.2, 0.25) is 0 Å². The van der Waals surface area contributed by atoms with Crippen molar-refractivity contribution in [2.45, 2.75) is 96.7 Å². The molecule has 1 aromatic carbocycles. The van der Waals surface area contributed by atoms with Crippen molar-refractivity contribution in [2.24, 2.45) is 5.92 Å². The van der Waals surface area contributed by atoms with Gasteiger partial charge >= 0.3 is 5.97 Å². The maximum absolute atomic E-state index is 13.1. The van der Waals surface area contributed by atoms with E-state index in [2.05, 4.69) is 20.8 Å². The molecule has 0 spiro atoms. The van der Waals surface area contributed by atoms with Crippen molar-refractivity contribution in [3.63, 3.8) is 0 Å². The summed E-state index contributed by atoms with van der Waals surface area (Å²) in [4.78, 5) is 27.4. The Morgan fingerprint density at radius 2 is 1.45 bits per heavy atom. The van der Waals surface area contributed by atoms with Crippen LogP contribution in [0, 0.1) is 5.92 Å². The molecule has 0 bridgehead atoms. The predicted molar refractivity (Wildman–Crippen MR) is 129 cm³/mol. The molecular weight excluding hydrogens is 440 g/mol. The zero-order valence-corrected chi connectivity index (χ0v) is 22.1. The lowest BCUT2D eigenvalue weighted by atomic mass is 9.87. The van der Waals surface area contributed by atoms with E-state index < -0.39 is 28.0 Å². The van der Waals surface area contributed by atoms with Crippen LogP contribution < -0.4 is 0 Å². The molecule has 0 aromatic heterocycles. The number of carbonyl (C=O) groups is 2. The van der Waals surface area contributed by atoms with E-state index in [4.69, 9.17) is 4.74 Å². The van der Waals surface area contributed by atoms with Crippen molar-refractivity contribution >= 4 is 21.9 Å². The number of hydrogen-bond acceptors (Lipinski definition) is 5. The topological polar surface area (TPSA) is 84.0 Å². The molecule has 1 heterocycles. The number of carbonyl (C=O) groups excluding carboxylic acids is 2. The minimum Gasteiger partial charge on any atom is -0.452 e. The Balaban J connectivity index is 1.98. The van der Waals surface area contributed by atoms with Crippen LogP contribution in [0.3, 0.4) is 0 Å². The third-order valence-electron chi connectivity index (χ3n) is 6.15. The van der Waals surface area contributed by atoms with Crippen molar-refractivity contribution < 1.29 is 22.7 Å².